The second kappa shape index (κ2) is 5.70. The van der Waals surface area contributed by atoms with Gasteiger partial charge in [0.2, 0.25) is 5.91 Å². The predicted octanol–water partition coefficient (Wildman–Crippen LogP) is 1.40. The van der Waals surface area contributed by atoms with Crippen LogP contribution in [0.3, 0.4) is 0 Å². The molecule has 0 aliphatic rings. The van der Waals surface area contributed by atoms with Gasteiger partial charge in [-0.2, -0.15) is 0 Å². The Morgan fingerprint density at radius 3 is 2.81 bits per heavy atom. The fourth-order valence-corrected chi connectivity index (χ4v) is 1.27. The molecule has 4 nitrogen and oxygen atoms in total. The number of hydrogen-bond acceptors (Lipinski definition) is 3. The average Bonchev–Trinajstić information content (AvgIpc) is 2.29. The van der Waals surface area contributed by atoms with Gasteiger partial charge in [0.25, 0.3) is 0 Å². The van der Waals surface area contributed by atoms with Crippen LogP contribution < -0.4 is 10.5 Å². The molecular weight excluding hydrogens is 206 g/mol. The van der Waals surface area contributed by atoms with Gasteiger partial charge in [0.15, 0.2) is 0 Å². The number of methoxy groups -OCH3 is 1. The first-order chi connectivity index (χ1) is 7.69. The van der Waals surface area contributed by atoms with Crippen LogP contribution in [0.25, 0.3) is 6.08 Å². The number of carbonyl (C=O) groups excluding carboxylic acids is 2. The van der Waals surface area contributed by atoms with Crippen LogP contribution in [0.4, 0.5) is 0 Å². The Bertz CT molecular complexity index is 424. The van der Waals surface area contributed by atoms with Gasteiger partial charge in [-0.1, -0.05) is 18.2 Å². The lowest BCUT2D eigenvalue weighted by Gasteiger charge is -2.05. The van der Waals surface area contributed by atoms with Crippen molar-refractivity contribution < 1.29 is 14.3 Å². The number of aldehydes is 1. The highest BCUT2D eigenvalue weighted by molar-refractivity contribution is 5.97. The minimum atomic E-state index is -0.523. The molecule has 0 spiro atoms. The molecule has 0 saturated carbocycles. The van der Waals surface area contributed by atoms with Gasteiger partial charge in [0, 0.05) is 12.0 Å². The Morgan fingerprint density at radius 1 is 1.50 bits per heavy atom. The Balaban J connectivity index is 3.07. The molecule has 1 amide bonds. The molecular formula is C12H13NO3. The smallest absolute Gasteiger partial charge is 0.249 e. The summed E-state index contributed by atoms with van der Waals surface area (Å²) in [5.74, 6) is 0.0472. The fraction of sp³-hybridized carbons (Fsp3) is 0.167. The Hall–Kier alpha value is -2.10. The molecule has 1 aromatic rings. The van der Waals surface area contributed by atoms with E-state index in [1.165, 1.54) is 7.11 Å². The summed E-state index contributed by atoms with van der Waals surface area (Å²) in [6, 6.07) is 5.02. The maximum Gasteiger partial charge on any atom is 0.249 e. The number of ether oxygens (including phenoxy) is 1. The van der Waals surface area contributed by atoms with Crippen LogP contribution in [-0.4, -0.2) is 19.3 Å². The molecule has 0 aliphatic heterocycles. The summed E-state index contributed by atoms with van der Waals surface area (Å²) in [7, 11) is 1.52. The molecule has 0 radical (unpaired) electrons. The summed E-state index contributed by atoms with van der Waals surface area (Å²) in [4.78, 5) is 21.3. The number of carbonyl (C=O) groups is 2. The first-order valence-electron chi connectivity index (χ1n) is 4.77. The lowest BCUT2D eigenvalue weighted by Crippen LogP contribution is -2.12. The van der Waals surface area contributed by atoms with E-state index in [9.17, 15) is 9.59 Å². The van der Waals surface area contributed by atoms with E-state index in [0.717, 1.165) is 6.29 Å². The highest BCUT2D eigenvalue weighted by Crippen LogP contribution is 2.18. The van der Waals surface area contributed by atoms with E-state index in [2.05, 4.69) is 0 Å². The van der Waals surface area contributed by atoms with Crippen molar-refractivity contribution in [1.29, 1.82) is 0 Å². The highest BCUT2D eigenvalue weighted by atomic mass is 16.5. The minimum Gasteiger partial charge on any atom is -0.497 e. The summed E-state index contributed by atoms with van der Waals surface area (Å²) in [5.41, 5.74) is 6.30. The SMILES string of the molecule is COc1ccc(C=CCC=O)c(C(N)=O)c1. The monoisotopic (exact) mass is 219 g/mol. The molecule has 0 heterocycles. The van der Waals surface area contributed by atoms with Crippen molar-refractivity contribution in [3.05, 3.63) is 35.4 Å². The molecule has 0 aromatic heterocycles. The zero-order valence-corrected chi connectivity index (χ0v) is 8.97. The third-order valence-corrected chi connectivity index (χ3v) is 2.06. The van der Waals surface area contributed by atoms with E-state index < -0.39 is 5.91 Å². The molecule has 0 fully saturated rings. The topological polar surface area (TPSA) is 69.4 Å². The quantitative estimate of drug-likeness (QED) is 0.761. The maximum atomic E-state index is 11.2. The van der Waals surface area contributed by atoms with Crippen molar-refractivity contribution in [3.63, 3.8) is 0 Å². The first kappa shape index (κ1) is 12.0. The molecule has 0 bridgehead atoms. The molecule has 0 atom stereocenters. The number of primary amides is 1. The number of nitrogens with two attached hydrogens (primary N) is 1. The summed E-state index contributed by atoms with van der Waals surface area (Å²) in [5, 5.41) is 0. The van der Waals surface area contributed by atoms with Crippen LogP contribution in [0, 0.1) is 0 Å². The zero-order chi connectivity index (χ0) is 12.0. The van der Waals surface area contributed by atoms with Gasteiger partial charge in [0.05, 0.1) is 7.11 Å². The zero-order valence-electron chi connectivity index (χ0n) is 8.97. The summed E-state index contributed by atoms with van der Waals surface area (Å²) in [6.45, 7) is 0. The molecule has 1 rings (SSSR count). The lowest BCUT2D eigenvalue weighted by molar-refractivity contribution is -0.107. The van der Waals surface area contributed by atoms with Gasteiger partial charge in [-0.05, 0) is 17.7 Å². The van der Waals surface area contributed by atoms with Crippen LogP contribution >= 0.6 is 0 Å². The Kier molecular flexibility index (Phi) is 4.27. The van der Waals surface area contributed by atoms with E-state index in [-0.39, 0.29) is 0 Å². The van der Waals surface area contributed by atoms with Crippen LogP contribution in [-0.2, 0) is 4.79 Å². The summed E-state index contributed by atoms with van der Waals surface area (Å²) >= 11 is 0. The van der Waals surface area contributed by atoms with Gasteiger partial charge >= 0.3 is 0 Å². The standard InChI is InChI=1S/C12H13NO3/c1-16-10-6-5-9(4-2-3-7-14)11(8-10)12(13)15/h2,4-8H,3H2,1H3,(H2,13,15). The second-order valence-electron chi connectivity index (χ2n) is 3.12. The molecule has 1 aromatic carbocycles. The number of amides is 1. The van der Waals surface area contributed by atoms with Crippen molar-refractivity contribution in [3.8, 4) is 5.75 Å². The van der Waals surface area contributed by atoms with Gasteiger partial charge in [0.1, 0.15) is 12.0 Å². The van der Waals surface area contributed by atoms with Gasteiger partial charge < -0.3 is 15.3 Å². The van der Waals surface area contributed by atoms with Crippen molar-refractivity contribution in [2.45, 2.75) is 6.42 Å². The van der Waals surface area contributed by atoms with Crippen molar-refractivity contribution in [1.82, 2.24) is 0 Å². The van der Waals surface area contributed by atoms with Crippen molar-refractivity contribution >= 4 is 18.3 Å². The molecule has 0 aliphatic carbocycles. The third-order valence-electron chi connectivity index (χ3n) is 2.06. The van der Waals surface area contributed by atoms with E-state index in [1.54, 1.807) is 30.4 Å². The Morgan fingerprint density at radius 2 is 2.25 bits per heavy atom. The van der Waals surface area contributed by atoms with Crippen LogP contribution in [0.15, 0.2) is 24.3 Å². The largest absolute Gasteiger partial charge is 0.497 e. The van der Waals surface area contributed by atoms with Crippen LogP contribution in [0.2, 0.25) is 0 Å². The molecule has 4 heteroatoms. The van der Waals surface area contributed by atoms with Crippen molar-refractivity contribution in [2.24, 2.45) is 5.73 Å². The number of benzene rings is 1. The van der Waals surface area contributed by atoms with E-state index >= 15 is 0 Å². The lowest BCUT2D eigenvalue weighted by atomic mass is 10.1. The van der Waals surface area contributed by atoms with E-state index in [0.29, 0.717) is 23.3 Å². The first-order valence-corrected chi connectivity index (χ1v) is 4.77. The Labute approximate surface area is 93.7 Å². The summed E-state index contributed by atoms with van der Waals surface area (Å²) in [6.07, 6.45) is 4.45. The van der Waals surface area contributed by atoms with Crippen LogP contribution in [0.1, 0.15) is 22.3 Å². The maximum absolute atomic E-state index is 11.2. The fourth-order valence-electron chi connectivity index (χ4n) is 1.27. The predicted molar refractivity (Wildman–Crippen MR) is 61.2 cm³/mol. The molecule has 16 heavy (non-hydrogen) atoms. The van der Waals surface area contributed by atoms with Gasteiger partial charge in [-0.15, -0.1) is 0 Å². The second-order valence-corrected chi connectivity index (χ2v) is 3.12. The van der Waals surface area contributed by atoms with Crippen LogP contribution in [0.5, 0.6) is 5.75 Å². The van der Waals surface area contributed by atoms with Crippen molar-refractivity contribution in [2.75, 3.05) is 7.11 Å². The average molecular weight is 219 g/mol. The van der Waals surface area contributed by atoms with Gasteiger partial charge in [-0.3, -0.25) is 4.79 Å². The number of rotatable bonds is 5. The highest BCUT2D eigenvalue weighted by Gasteiger charge is 2.07. The van der Waals surface area contributed by atoms with E-state index in [4.69, 9.17) is 10.5 Å². The van der Waals surface area contributed by atoms with Gasteiger partial charge in [-0.25, -0.2) is 0 Å². The number of hydrogen-bond donors (Lipinski definition) is 1. The molecule has 0 saturated heterocycles. The third kappa shape index (κ3) is 2.95. The number of allylic oxidation sites excluding steroid dienone is 1. The summed E-state index contributed by atoms with van der Waals surface area (Å²) < 4.78 is 5.00. The molecule has 2 N–H and O–H groups in total. The van der Waals surface area contributed by atoms with E-state index in [1.807, 2.05) is 0 Å². The molecule has 84 valence electrons. The normalized spacial score (nSPS) is 10.3. The molecule has 0 unspecified atom stereocenters. The minimum absolute atomic E-state index is 0.310.